The molecule has 0 bridgehead atoms. The average Bonchev–Trinajstić information content (AvgIpc) is 3.60. The maximum Gasteiger partial charge on any atom is 0.283 e. The third-order valence-electron chi connectivity index (χ3n) is 5.61. The van der Waals surface area contributed by atoms with E-state index in [1.807, 2.05) is 6.07 Å². The molecule has 0 saturated heterocycles. The molecule has 1 atom stereocenters. The first kappa shape index (κ1) is 24.5. The van der Waals surface area contributed by atoms with Crippen LogP contribution in [-0.4, -0.2) is 65.8 Å². The minimum absolute atomic E-state index is 0.259. The second-order valence-corrected chi connectivity index (χ2v) is 7.82. The summed E-state index contributed by atoms with van der Waals surface area (Å²) in [6.07, 6.45) is 3.65. The summed E-state index contributed by atoms with van der Waals surface area (Å²) in [5, 5.41) is 14.3. The van der Waals surface area contributed by atoms with Crippen LogP contribution in [0.2, 0.25) is 0 Å². The van der Waals surface area contributed by atoms with Crippen LogP contribution < -0.4 is 30.0 Å². The number of ether oxygens (including phenoxy) is 4. The van der Waals surface area contributed by atoms with Crippen LogP contribution in [0, 0.1) is 0 Å². The molecule has 0 fully saturated rings. The second kappa shape index (κ2) is 10.8. The summed E-state index contributed by atoms with van der Waals surface area (Å²) in [6, 6.07) is 8.40. The number of hydrogen-bond acceptors (Lipinski definition) is 8. The van der Waals surface area contributed by atoms with Crippen molar-refractivity contribution in [3.05, 3.63) is 48.5 Å². The van der Waals surface area contributed by atoms with Crippen molar-refractivity contribution in [3.8, 4) is 45.5 Å². The molecule has 2 heterocycles. The number of H-pyrrole nitrogens is 2. The Hall–Kier alpha value is -4.58. The molecule has 0 radical (unpaired) electrons. The Morgan fingerprint density at radius 2 is 1.61 bits per heavy atom. The summed E-state index contributed by atoms with van der Waals surface area (Å²) in [7, 11) is 6.17. The lowest BCUT2D eigenvalue weighted by Crippen LogP contribution is -2.67. The first-order valence-corrected chi connectivity index (χ1v) is 11.0. The van der Waals surface area contributed by atoms with Gasteiger partial charge in [0.1, 0.15) is 17.1 Å². The van der Waals surface area contributed by atoms with Gasteiger partial charge >= 0.3 is 0 Å². The standard InChI is InChI=1S/C24H27N7O5/c1-33-18-6-5-13(7-17(18)28-24(32)16(25)10-15-11-26-12-27-15)21-22(30-31-29-21)14-8-19(34-2)23(36-4)20(9-14)35-3/h5-9,11-12,16H,10,25H2,1-4H3,(H,26,27)(H,28,32)(H,29,30,31)/p+1. The molecular formula is C24H28N7O5+. The van der Waals surface area contributed by atoms with E-state index in [0.717, 1.165) is 5.69 Å². The molecule has 4 aromatic rings. The Morgan fingerprint density at radius 1 is 0.944 bits per heavy atom. The zero-order valence-electron chi connectivity index (χ0n) is 20.4. The molecule has 0 aliphatic rings. The molecule has 6 N–H and O–H groups in total. The van der Waals surface area contributed by atoms with Gasteiger partial charge in [0.25, 0.3) is 5.91 Å². The molecular weight excluding hydrogens is 466 g/mol. The summed E-state index contributed by atoms with van der Waals surface area (Å²) in [6.45, 7) is 0. The van der Waals surface area contributed by atoms with E-state index in [1.165, 1.54) is 7.11 Å². The number of nitrogens with one attached hydrogen (secondary N) is 3. The summed E-state index contributed by atoms with van der Waals surface area (Å²) in [5.74, 6) is 1.69. The van der Waals surface area contributed by atoms with Crippen molar-refractivity contribution < 1.29 is 29.5 Å². The number of aromatic amines is 2. The molecule has 188 valence electrons. The molecule has 1 unspecified atom stereocenters. The summed E-state index contributed by atoms with van der Waals surface area (Å²) < 4.78 is 21.8. The molecule has 2 aromatic carbocycles. The van der Waals surface area contributed by atoms with Crippen molar-refractivity contribution in [1.82, 2.24) is 25.4 Å². The number of amides is 1. The molecule has 2 aromatic heterocycles. The van der Waals surface area contributed by atoms with E-state index in [4.69, 9.17) is 18.9 Å². The molecule has 4 rings (SSSR count). The first-order valence-electron chi connectivity index (χ1n) is 11.0. The molecule has 36 heavy (non-hydrogen) atoms. The number of quaternary nitrogens is 1. The highest BCUT2D eigenvalue weighted by Gasteiger charge is 2.22. The van der Waals surface area contributed by atoms with E-state index in [9.17, 15) is 4.79 Å². The van der Waals surface area contributed by atoms with Gasteiger partial charge in [-0.25, -0.2) is 4.98 Å². The number of aromatic nitrogens is 5. The maximum absolute atomic E-state index is 12.9. The van der Waals surface area contributed by atoms with E-state index in [1.54, 1.807) is 58.1 Å². The van der Waals surface area contributed by atoms with Gasteiger partial charge in [0.05, 0.1) is 46.9 Å². The van der Waals surface area contributed by atoms with Crippen molar-refractivity contribution in [2.75, 3.05) is 33.8 Å². The number of imidazole rings is 1. The third kappa shape index (κ3) is 4.93. The van der Waals surface area contributed by atoms with Crippen LogP contribution >= 0.6 is 0 Å². The van der Waals surface area contributed by atoms with Gasteiger partial charge < -0.3 is 35.0 Å². The third-order valence-corrected chi connectivity index (χ3v) is 5.61. The Morgan fingerprint density at radius 3 is 2.19 bits per heavy atom. The highest BCUT2D eigenvalue weighted by atomic mass is 16.5. The second-order valence-electron chi connectivity index (χ2n) is 7.82. The Bertz CT molecular complexity index is 1310. The number of carbonyl (C=O) groups is 1. The number of nitrogens with zero attached hydrogens (tertiary/aromatic N) is 3. The van der Waals surface area contributed by atoms with E-state index < -0.39 is 6.04 Å². The highest BCUT2D eigenvalue weighted by molar-refractivity contribution is 5.96. The normalized spacial score (nSPS) is 11.6. The lowest BCUT2D eigenvalue weighted by atomic mass is 10.0. The minimum Gasteiger partial charge on any atom is -0.495 e. The largest absolute Gasteiger partial charge is 0.495 e. The quantitative estimate of drug-likeness (QED) is 0.259. The van der Waals surface area contributed by atoms with Crippen LogP contribution in [0.3, 0.4) is 0 Å². The van der Waals surface area contributed by atoms with Crippen molar-refractivity contribution in [3.63, 3.8) is 0 Å². The lowest BCUT2D eigenvalue weighted by molar-refractivity contribution is -0.402. The van der Waals surface area contributed by atoms with Gasteiger partial charge in [0.2, 0.25) is 5.75 Å². The SMILES string of the molecule is COc1ccc(-c2n[nH]nc2-c2cc(OC)c(OC)c(OC)c2)cc1NC(=O)C([NH3+])Cc1cnc[nH]1. The number of anilines is 1. The zero-order chi connectivity index (χ0) is 25.7. The Labute approximate surface area is 207 Å². The average molecular weight is 495 g/mol. The number of rotatable bonds is 10. The van der Waals surface area contributed by atoms with Gasteiger partial charge in [-0.1, -0.05) is 0 Å². The molecule has 0 aliphatic carbocycles. The van der Waals surface area contributed by atoms with Crippen molar-refractivity contribution in [2.24, 2.45) is 0 Å². The van der Waals surface area contributed by atoms with Crippen molar-refractivity contribution in [2.45, 2.75) is 12.5 Å². The van der Waals surface area contributed by atoms with Gasteiger partial charge in [0.15, 0.2) is 17.5 Å². The van der Waals surface area contributed by atoms with Gasteiger partial charge in [-0.15, -0.1) is 0 Å². The molecule has 0 saturated carbocycles. The maximum atomic E-state index is 12.9. The fourth-order valence-electron chi connectivity index (χ4n) is 3.79. The van der Waals surface area contributed by atoms with Crippen LogP contribution in [0.4, 0.5) is 5.69 Å². The van der Waals surface area contributed by atoms with Crippen LogP contribution in [0.15, 0.2) is 42.9 Å². The smallest absolute Gasteiger partial charge is 0.283 e. The monoisotopic (exact) mass is 494 g/mol. The minimum atomic E-state index is -0.541. The van der Waals surface area contributed by atoms with Crippen molar-refractivity contribution in [1.29, 1.82) is 0 Å². The Balaban J connectivity index is 1.67. The van der Waals surface area contributed by atoms with Crippen LogP contribution in [-0.2, 0) is 11.2 Å². The van der Waals surface area contributed by atoms with Crippen LogP contribution in [0.5, 0.6) is 23.0 Å². The lowest BCUT2D eigenvalue weighted by Gasteiger charge is -2.15. The fourth-order valence-corrected chi connectivity index (χ4v) is 3.79. The van der Waals surface area contributed by atoms with Crippen molar-refractivity contribution >= 4 is 11.6 Å². The van der Waals surface area contributed by atoms with E-state index in [-0.39, 0.29) is 5.91 Å². The molecule has 0 spiro atoms. The van der Waals surface area contributed by atoms with Gasteiger partial charge in [-0.2, -0.15) is 15.4 Å². The summed E-state index contributed by atoms with van der Waals surface area (Å²) >= 11 is 0. The van der Waals surface area contributed by atoms with Crippen LogP contribution in [0.25, 0.3) is 22.5 Å². The van der Waals surface area contributed by atoms with Crippen LogP contribution in [0.1, 0.15) is 5.69 Å². The number of carbonyl (C=O) groups excluding carboxylic acids is 1. The number of hydrogen-bond donors (Lipinski definition) is 4. The van der Waals surface area contributed by atoms with Gasteiger partial charge in [-0.05, 0) is 30.3 Å². The van der Waals surface area contributed by atoms with E-state index in [2.05, 4.69) is 36.4 Å². The van der Waals surface area contributed by atoms with E-state index >= 15 is 0 Å². The first-order chi connectivity index (χ1) is 17.5. The predicted molar refractivity (Wildman–Crippen MR) is 131 cm³/mol. The molecule has 12 nitrogen and oxygen atoms in total. The topological polar surface area (TPSA) is 164 Å². The fraction of sp³-hybridized carbons (Fsp3) is 0.250. The molecule has 0 aliphatic heterocycles. The molecule has 1 amide bonds. The Kier molecular flexibility index (Phi) is 7.35. The number of benzene rings is 2. The number of methoxy groups -OCH3 is 4. The van der Waals surface area contributed by atoms with Gasteiger partial charge in [-0.3, -0.25) is 4.79 Å². The highest BCUT2D eigenvalue weighted by Crippen LogP contribution is 2.42. The summed E-state index contributed by atoms with van der Waals surface area (Å²) in [4.78, 5) is 19.8. The molecule has 12 heteroatoms. The summed E-state index contributed by atoms with van der Waals surface area (Å²) in [5.41, 5.74) is 7.81. The van der Waals surface area contributed by atoms with E-state index in [0.29, 0.717) is 57.6 Å². The van der Waals surface area contributed by atoms with Gasteiger partial charge in [0, 0.05) is 23.0 Å². The zero-order valence-corrected chi connectivity index (χ0v) is 20.4. The predicted octanol–water partition coefficient (Wildman–Crippen LogP) is 1.69.